The molecule has 30 heavy (non-hydrogen) atoms. The first-order chi connectivity index (χ1) is 14.3. The number of H-pyrrole nitrogens is 1. The number of aromatic amines is 1. The number of furan rings is 1. The van der Waals surface area contributed by atoms with Crippen molar-refractivity contribution >= 4 is 26.9 Å². The molecular weight excluding hydrogens is 465 g/mol. The second-order valence-corrected chi connectivity index (χ2v) is 7.44. The van der Waals surface area contributed by atoms with E-state index in [2.05, 4.69) is 36.6 Å². The van der Waals surface area contributed by atoms with Crippen LogP contribution in [0.15, 0.2) is 45.3 Å². The van der Waals surface area contributed by atoms with E-state index in [0.29, 0.717) is 35.6 Å². The summed E-state index contributed by atoms with van der Waals surface area (Å²) in [5.74, 6) is 0.669. The Balaban J connectivity index is 1.58. The molecule has 0 unspecified atom stereocenters. The zero-order valence-electron chi connectivity index (χ0n) is 15.8. The number of benzene rings is 2. The molecule has 0 aliphatic heterocycles. The van der Waals surface area contributed by atoms with Gasteiger partial charge in [-0.3, -0.25) is 0 Å². The van der Waals surface area contributed by atoms with Crippen molar-refractivity contribution < 1.29 is 22.3 Å². The van der Waals surface area contributed by atoms with Crippen LogP contribution in [0.25, 0.3) is 22.6 Å². The Kier molecular flexibility index (Phi) is 5.50. The van der Waals surface area contributed by atoms with Gasteiger partial charge in [0, 0.05) is 9.86 Å². The van der Waals surface area contributed by atoms with Gasteiger partial charge in [0.15, 0.2) is 5.76 Å². The largest absolute Gasteiger partial charge is 0.493 e. The molecule has 10 heteroatoms. The number of fused-ring (bicyclic) bond motifs is 1. The molecule has 0 aliphatic rings. The SMILES string of the molecule is CCOc1ccc(CCc2cc3oc(-c4nn[nH]n4)cc3cc2Br)cc1C(F)(F)F. The van der Waals surface area contributed by atoms with Crippen LogP contribution < -0.4 is 4.74 Å². The summed E-state index contributed by atoms with van der Waals surface area (Å²) in [6.07, 6.45) is -3.52. The maximum absolute atomic E-state index is 13.4. The van der Waals surface area contributed by atoms with Crippen LogP contribution in [0.1, 0.15) is 23.6 Å². The van der Waals surface area contributed by atoms with E-state index in [1.54, 1.807) is 19.1 Å². The molecule has 4 rings (SSSR count). The van der Waals surface area contributed by atoms with E-state index in [9.17, 15) is 13.2 Å². The molecule has 4 aromatic rings. The number of alkyl halides is 3. The monoisotopic (exact) mass is 480 g/mol. The van der Waals surface area contributed by atoms with E-state index < -0.39 is 11.7 Å². The van der Waals surface area contributed by atoms with Crippen LogP contribution in [0.2, 0.25) is 0 Å². The Hall–Kier alpha value is -2.88. The highest BCUT2D eigenvalue weighted by molar-refractivity contribution is 9.10. The number of hydrogen-bond acceptors (Lipinski definition) is 5. The topological polar surface area (TPSA) is 76.8 Å². The van der Waals surface area contributed by atoms with Gasteiger partial charge >= 0.3 is 6.18 Å². The van der Waals surface area contributed by atoms with Gasteiger partial charge in [0.1, 0.15) is 11.3 Å². The van der Waals surface area contributed by atoms with Crippen LogP contribution in [0.3, 0.4) is 0 Å². The van der Waals surface area contributed by atoms with E-state index in [1.807, 2.05) is 12.1 Å². The van der Waals surface area contributed by atoms with Crippen molar-refractivity contribution in [2.45, 2.75) is 25.9 Å². The fourth-order valence-electron chi connectivity index (χ4n) is 3.18. The fourth-order valence-corrected chi connectivity index (χ4v) is 3.74. The van der Waals surface area contributed by atoms with E-state index in [4.69, 9.17) is 9.15 Å². The number of ether oxygens (including phenoxy) is 1. The molecule has 0 saturated heterocycles. The summed E-state index contributed by atoms with van der Waals surface area (Å²) in [6, 6.07) is 9.76. The van der Waals surface area contributed by atoms with Gasteiger partial charge in [0.25, 0.3) is 0 Å². The summed E-state index contributed by atoms with van der Waals surface area (Å²) < 4.78 is 51.8. The van der Waals surface area contributed by atoms with Crippen LogP contribution in [-0.2, 0) is 19.0 Å². The molecule has 0 atom stereocenters. The van der Waals surface area contributed by atoms with E-state index in [1.165, 1.54) is 6.07 Å². The summed E-state index contributed by atoms with van der Waals surface area (Å²) in [4.78, 5) is 0. The van der Waals surface area contributed by atoms with Crippen molar-refractivity contribution in [1.82, 2.24) is 20.6 Å². The third kappa shape index (κ3) is 4.18. The summed E-state index contributed by atoms with van der Waals surface area (Å²) in [6.45, 7) is 1.82. The number of aromatic nitrogens is 4. The van der Waals surface area contributed by atoms with Gasteiger partial charge in [-0.1, -0.05) is 22.0 Å². The lowest BCUT2D eigenvalue weighted by Gasteiger charge is -2.15. The van der Waals surface area contributed by atoms with Crippen LogP contribution in [0.5, 0.6) is 5.75 Å². The molecule has 0 radical (unpaired) electrons. The van der Waals surface area contributed by atoms with Crippen molar-refractivity contribution in [3.63, 3.8) is 0 Å². The van der Waals surface area contributed by atoms with Crippen molar-refractivity contribution in [1.29, 1.82) is 0 Å². The van der Waals surface area contributed by atoms with Crippen molar-refractivity contribution in [3.8, 4) is 17.3 Å². The highest BCUT2D eigenvalue weighted by atomic mass is 79.9. The minimum absolute atomic E-state index is 0.152. The molecule has 0 amide bonds. The molecule has 6 nitrogen and oxygen atoms in total. The molecule has 156 valence electrons. The molecule has 0 bridgehead atoms. The first-order valence-corrected chi connectivity index (χ1v) is 9.93. The first-order valence-electron chi connectivity index (χ1n) is 9.14. The Morgan fingerprint density at radius 1 is 1.13 bits per heavy atom. The molecule has 2 heterocycles. The normalized spacial score (nSPS) is 11.9. The fraction of sp³-hybridized carbons (Fsp3) is 0.250. The van der Waals surface area contributed by atoms with Crippen molar-refractivity contribution in [3.05, 3.63) is 57.6 Å². The molecule has 0 spiro atoms. The van der Waals surface area contributed by atoms with Gasteiger partial charge in [0.2, 0.25) is 5.82 Å². The average Bonchev–Trinajstić information content (AvgIpc) is 3.35. The predicted octanol–water partition coefficient (Wildman–Crippen LogP) is 5.58. The summed E-state index contributed by atoms with van der Waals surface area (Å²) in [7, 11) is 0. The predicted molar refractivity (Wildman–Crippen MR) is 107 cm³/mol. The highest BCUT2D eigenvalue weighted by Crippen LogP contribution is 2.37. The Labute approximate surface area is 177 Å². The lowest BCUT2D eigenvalue weighted by molar-refractivity contribution is -0.139. The van der Waals surface area contributed by atoms with Crippen LogP contribution in [-0.4, -0.2) is 27.2 Å². The number of halogens is 4. The summed E-state index contributed by atoms with van der Waals surface area (Å²) >= 11 is 3.54. The standard InChI is InChI=1S/C20H16BrF3N4O2/c1-2-29-16-6-4-11(7-14(16)20(22,23)24)3-5-12-9-17-13(8-15(12)21)10-18(30-17)19-25-27-28-26-19/h4,6-10H,2-3,5H2,1H3,(H,25,26,27,28). The van der Waals surface area contributed by atoms with Gasteiger partial charge < -0.3 is 9.15 Å². The maximum Gasteiger partial charge on any atom is 0.419 e. The van der Waals surface area contributed by atoms with Gasteiger partial charge in [-0.25, -0.2) is 0 Å². The smallest absolute Gasteiger partial charge is 0.419 e. The molecule has 0 fully saturated rings. The molecule has 1 N–H and O–H groups in total. The molecule has 2 aromatic heterocycles. The Morgan fingerprint density at radius 2 is 1.97 bits per heavy atom. The number of nitrogens with zero attached hydrogens (tertiary/aromatic N) is 3. The highest BCUT2D eigenvalue weighted by Gasteiger charge is 2.34. The third-order valence-electron chi connectivity index (χ3n) is 4.58. The van der Waals surface area contributed by atoms with Gasteiger partial charge in [-0.2, -0.15) is 18.4 Å². The lowest BCUT2D eigenvalue weighted by atomic mass is 10.0. The second-order valence-electron chi connectivity index (χ2n) is 6.59. The van der Waals surface area contributed by atoms with Gasteiger partial charge in [-0.15, -0.1) is 10.2 Å². The van der Waals surface area contributed by atoms with Crippen LogP contribution in [0, 0.1) is 0 Å². The molecule has 0 saturated carbocycles. The van der Waals surface area contributed by atoms with Crippen molar-refractivity contribution in [2.75, 3.05) is 6.61 Å². The average molecular weight is 481 g/mol. The second kappa shape index (κ2) is 8.10. The van der Waals surface area contributed by atoms with E-state index in [-0.39, 0.29) is 12.4 Å². The Morgan fingerprint density at radius 3 is 2.67 bits per heavy atom. The summed E-state index contributed by atoms with van der Waals surface area (Å²) in [5.41, 5.74) is 1.37. The van der Waals surface area contributed by atoms with Crippen LogP contribution >= 0.6 is 15.9 Å². The number of aryl methyl sites for hydroxylation is 2. The molecule has 0 aliphatic carbocycles. The van der Waals surface area contributed by atoms with E-state index in [0.717, 1.165) is 21.5 Å². The number of hydrogen-bond donors (Lipinski definition) is 1. The third-order valence-corrected chi connectivity index (χ3v) is 5.32. The minimum atomic E-state index is -4.47. The zero-order chi connectivity index (χ0) is 21.3. The van der Waals surface area contributed by atoms with Crippen molar-refractivity contribution in [2.24, 2.45) is 0 Å². The number of tetrazole rings is 1. The van der Waals surface area contributed by atoms with E-state index >= 15 is 0 Å². The first kappa shape index (κ1) is 20.4. The van der Waals surface area contributed by atoms with Crippen LogP contribution in [0.4, 0.5) is 13.2 Å². The van der Waals surface area contributed by atoms with Gasteiger partial charge in [-0.05, 0) is 66.4 Å². The Bertz CT molecular complexity index is 1170. The number of nitrogens with one attached hydrogen (secondary N) is 1. The zero-order valence-corrected chi connectivity index (χ0v) is 17.3. The van der Waals surface area contributed by atoms with Gasteiger partial charge in [0.05, 0.1) is 12.2 Å². The lowest BCUT2D eigenvalue weighted by Crippen LogP contribution is -2.09. The number of rotatable bonds is 6. The minimum Gasteiger partial charge on any atom is -0.493 e. The summed E-state index contributed by atoms with van der Waals surface area (Å²) in [5, 5.41) is 14.5. The molecular formula is C20H16BrF3N4O2. The molecule has 2 aromatic carbocycles. The quantitative estimate of drug-likeness (QED) is 0.389. The maximum atomic E-state index is 13.4.